The SMILES string of the molecule is COC(=O)C(=O)C(Cl)c1ccc(Br)c(F)c1. The molecule has 0 aliphatic heterocycles. The Morgan fingerprint density at radius 2 is 2.12 bits per heavy atom. The molecule has 1 atom stereocenters. The predicted octanol–water partition coefficient (Wildman–Crippen LogP) is 2.61. The summed E-state index contributed by atoms with van der Waals surface area (Å²) in [6.45, 7) is 0. The van der Waals surface area contributed by atoms with Gasteiger partial charge in [-0.3, -0.25) is 4.79 Å². The minimum atomic E-state index is -1.24. The minimum Gasteiger partial charge on any atom is -0.463 e. The Hall–Kier alpha value is -0.940. The van der Waals surface area contributed by atoms with Crippen LogP contribution in [0.3, 0.4) is 0 Å². The van der Waals surface area contributed by atoms with Gasteiger partial charge in [0, 0.05) is 0 Å². The highest BCUT2D eigenvalue weighted by Crippen LogP contribution is 2.25. The third kappa shape index (κ3) is 2.80. The van der Waals surface area contributed by atoms with E-state index in [2.05, 4.69) is 20.7 Å². The van der Waals surface area contributed by atoms with Crippen molar-refractivity contribution >= 4 is 39.3 Å². The van der Waals surface area contributed by atoms with Gasteiger partial charge in [0.15, 0.2) is 0 Å². The molecule has 1 aromatic rings. The molecule has 0 amide bonds. The number of ketones is 1. The Morgan fingerprint density at radius 1 is 1.50 bits per heavy atom. The molecule has 0 spiro atoms. The van der Waals surface area contributed by atoms with Crippen LogP contribution >= 0.6 is 27.5 Å². The molecule has 1 rings (SSSR count). The van der Waals surface area contributed by atoms with Gasteiger partial charge in [-0.25, -0.2) is 9.18 Å². The lowest BCUT2D eigenvalue weighted by atomic mass is 10.1. The Balaban J connectivity index is 2.96. The summed E-state index contributed by atoms with van der Waals surface area (Å²) in [5, 5.41) is -1.24. The Morgan fingerprint density at radius 3 is 2.62 bits per heavy atom. The third-order valence-corrected chi connectivity index (χ3v) is 2.95. The summed E-state index contributed by atoms with van der Waals surface area (Å²) in [4.78, 5) is 22.2. The smallest absolute Gasteiger partial charge is 0.376 e. The Bertz CT molecular complexity index is 436. The van der Waals surface area contributed by atoms with Gasteiger partial charge in [0.25, 0.3) is 5.78 Å². The zero-order chi connectivity index (χ0) is 12.3. The molecule has 0 aliphatic rings. The number of esters is 1. The molecule has 0 heterocycles. The normalized spacial score (nSPS) is 12.0. The van der Waals surface area contributed by atoms with Crippen molar-refractivity contribution in [3.05, 3.63) is 34.1 Å². The van der Waals surface area contributed by atoms with E-state index >= 15 is 0 Å². The van der Waals surface area contributed by atoms with Gasteiger partial charge in [0.1, 0.15) is 11.2 Å². The van der Waals surface area contributed by atoms with Crippen LogP contribution in [0.5, 0.6) is 0 Å². The van der Waals surface area contributed by atoms with Crippen LogP contribution in [0, 0.1) is 5.82 Å². The van der Waals surface area contributed by atoms with E-state index in [0.29, 0.717) is 0 Å². The summed E-state index contributed by atoms with van der Waals surface area (Å²) in [5.74, 6) is -2.53. The number of carbonyl (C=O) groups excluding carboxylic acids is 2. The second kappa shape index (κ2) is 5.41. The fraction of sp³-hybridized carbons (Fsp3) is 0.200. The molecule has 86 valence electrons. The monoisotopic (exact) mass is 308 g/mol. The van der Waals surface area contributed by atoms with Crippen LogP contribution in [-0.4, -0.2) is 18.9 Å². The molecule has 1 aromatic carbocycles. The van der Waals surface area contributed by atoms with Gasteiger partial charge in [-0.05, 0) is 33.6 Å². The van der Waals surface area contributed by atoms with Crippen LogP contribution in [0.15, 0.2) is 22.7 Å². The fourth-order valence-corrected chi connectivity index (χ4v) is 1.50. The van der Waals surface area contributed by atoms with Gasteiger partial charge in [-0.15, -0.1) is 11.6 Å². The van der Waals surface area contributed by atoms with Crippen LogP contribution in [-0.2, 0) is 14.3 Å². The first-order chi connectivity index (χ1) is 7.47. The van der Waals surface area contributed by atoms with Gasteiger partial charge in [0.05, 0.1) is 11.6 Å². The Labute approximate surface area is 105 Å². The number of carbonyl (C=O) groups is 2. The first-order valence-electron chi connectivity index (χ1n) is 4.18. The summed E-state index contributed by atoms with van der Waals surface area (Å²) in [5.41, 5.74) is 0.206. The zero-order valence-electron chi connectivity index (χ0n) is 8.17. The van der Waals surface area contributed by atoms with E-state index in [0.717, 1.165) is 13.2 Å². The molecule has 1 unspecified atom stereocenters. The van der Waals surface area contributed by atoms with Gasteiger partial charge in [-0.2, -0.15) is 0 Å². The Kier molecular flexibility index (Phi) is 4.44. The average Bonchev–Trinajstić information content (AvgIpc) is 2.29. The highest BCUT2D eigenvalue weighted by atomic mass is 79.9. The number of alkyl halides is 1. The maximum Gasteiger partial charge on any atom is 0.376 e. The molecular weight excluding hydrogens is 302 g/mol. The van der Waals surface area contributed by atoms with Crippen molar-refractivity contribution in [2.45, 2.75) is 5.38 Å². The molecule has 0 fully saturated rings. The van der Waals surface area contributed by atoms with E-state index in [-0.39, 0.29) is 10.0 Å². The first kappa shape index (κ1) is 13.1. The summed E-state index contributed by atoms with van der Waals surface area (Å²) < 4.78 is 17.6. The van der Waals surface area contributed by atoms with E-state index in [1.165, 1.54) is 12.1 Å². The lowest BCUT2D eigenvalue weighted by Gasteiger charge is -2.07. The predicted molar refractivity (Wildman–Crippen MR) is 59.7 cm³/mol. The molecule has 0 aliphatic carbocycles. The number of Topliss-reactive ketones (excluding diaryl/α,β-unsaturated/α-hetero) is 1. The summed E-state index contributed by atoms with van der Waals surface area (Å²) >= 11 is 8.69. The number of methoxy groups -OCH3 is 1. The van der Waals surface area contributed by atoms with Crippen molar-refractivity contribution in [1.29, 1.82) is 0 Å². The molecule has 3 nitrogen and oxygen atoms in total. The molecule has 0 saturated carbocycles. The van der Waals surface area contributed by atoms with Gasteiger partial charge >= 0.3 is 5.97 Å². The summed E-state index contributed by atoms with van der Waals surface area (Å²) in [6.07, 6.45) is 0. The molecular formula is C10H7BrClFO3. The molecule has 0 saturated heterocycles. The molecule has 0 aromatic heterocycles. The second-order valence-corrected chi connectivity index (χ2v) is 4.18. The number of rotatable bonds is 3. The highest BCUT2D eigenvalue weighted by Gasteiger charge is 2.26. The standard InChI is InChI=1S/C10H7BrClFO3/c1-16-10(15)9(14)8(12)5-2-3-6(11)7(13)4-5/h2-4,8H,1H3. The second-order valence-electron chi connectivity index (χ2n) is 2.89. The number of ether oxygens (including phenoxy) is 1. The maximum absolute atomic E-state index is 13.2. The molecule has 0 radical (unpaired) electrons. The molecule has 6 heteroatoms. The van der Waals surface area contributed by atoms with Crippen molar-refractivity contribution in [1.82, 2.24) is 0 Å². The number of hydrogen-bond donors (Lipinski definition) is 0. The highest BCUT2D eigenvalue weighted by molar-refractivity contribution is 9.10. The average molecular weight is 310 g/mol. The van der Waals surface area contributed by atoms with Crippen LogP contribution < -0.4 is 0 Å². The number of hydrogen-bond acceptors (Lipinski definition) is 3. The minimum absolute atomic E-state index is 0.206. The molecule has 0 N–H and O–H groups in total. The fourth-order valence-electron chi connectivity index (χ4n) is 1.03. The van der Waals surface area contributed by atoms with Crippen molar-refractivity contribution in [2.24, 2.45) is 0 Å². The molecule has 0 bridgehead atoms. The quantitative estimate of drug-likeness (QED) is 0.490. The third-order valence-electron chi connectivity index (χ3n) is 1.85. The van der Waals surface area contributed by atoms with E-state index in [4.69, 9.17) is 11.6 Å². The van der Waals surface area contributed by atoms with Crippen molar-refractivity contribution < 1.29 is 18.7 Å². The van der Waals surface area contributed by atoms with Crippen molar-refractivity contribution in [2.75, 3.05) is 7.11 Å². The van der Waals surface area contributed by atoms with Crippen molar-refractivity contribution in [3.63, 3.8) is 0 Å². The van der Waals surface area contributed by atoms with Crippen LogP contribution in [0.1, 0.15) is 10.9 Å². The van der Waals surface area contributed by atoms with Crippen LogP contribution in [0.4, 0.5) is 4.39 Å². The van der Waals surface area contributed by atoms with E-state index in [9.17, 15) is 14.0 Å². The van der Waals surface area contributed by atoms with Gasteiger partial charge in [-0.1, -0.05) is 6.07 Å². The van der Waals surface area contributed by atoms with Crippen molar-refractivity contribution in [3.8, 4) is 0 Å². The van der Waals surface area contributed by atoms with Gasteiger partial charge < -0.3 is 4.74 Å². The first-order valence-corrected chi connectivity index (χ1v) is 5.41. The largest absolute Gasteiger partial charge is 0.463 e. The molecule has 16 heavy (non-hydrogen) atoms. The van der Waals surface area contributed by atoms with Crippen LogP contribution in [0.2, 0.25) is 0 Å². The topological polar surface area (TPSA) is 43.4 Å². The van der Waals surface area contributed by atoms with E-state index < -0.39 is 22.9 Å². The summed E-state index contributed by atoms with van der Waals surface area (Å²) in [7, 11) is 1.08. The van der Waals surface area contributed by atoms with Crippen LogP contribution in [0.25, 0.3) is 0 Å². The number of benzene rings is 1. The zero-order valence-corrected chi connectivity index (χ0v) is 10.5. The number of halogens is 3. The lowest BCUT2D eigenvalue weighted by molar-refractivity contribution is -0.151. The van der Waals surface area contributed by atoms with E-state index in [1.54, 1.807) is 0 Å². The van der Waals surface area contributed by atoms with Gasteiger partial charge in [0.2, 0.25) is 0 Å². The van der Waals surface area contributed by atoms with E-state index in [1.807, 2.05) is 0 Å². The lowest BCUT2D eigenvalue weighted by Crippen LogP contribution is -2.20. The summed E-state index contributed by atoms with van der Waals surface area (Å²) in [6, 6.07) is 3.94. The maximum atomic E-state index is 13.2.